The van der Waals surface area contributed by atoms with Gasteiger partial charge in [-0.25, -0.2) is 0 Å². The molecule has 0 atom stereocenters. The minimum Gasteiger partial charge on any atom is -0.496 e. The van der Waals surface area contributed by atoms with E-state index in [1.807, 2.05) is 25.1 Å². The van der Waals surface area contributed by atoms with Crippen LogP contribution in [0.5, 0.6) is 5.75 Å². The fourth-order valence-electron chi connectivity index (χ4n) is 2.04. The van der Waals surface area contributed by atoms with Crippen molar-refractivity contribution in [2.45, 2.75) is 13.8 Å². The standard InChI is InChI=1S/C15H17NO/c1-10-6-13(9-14(16)7-10)12-4-5-15(17-3)11(2)8-12/h4-9H,16H2,1-3H3. The van der Waals surface area contributed by atoms with Gasteiger partial charge in [-0.1, -0.05) is 12.1 Å². The van der Waals surface area contributed by atoms with Crippen molar-refractivity contribution in [2.24, 2.45) is 0 Å². The average molecular weight is 227 g/mol. The maximum absolute atomic E-state index is 5.87. The van der Waals surface area contributed by atoms with Gasteiger partial charge in [0.1, 0.15) is 5.75 Å². The number of benzene rings is 2. The zero-order valence-corrected chi connectivity index (χ0v) is 10.4. The van der Waals surface area contributed by atoms with Gasteiger partial charge in [0.05, 0.1) is 7.11 Å². The molecule has 2 aromatic carbocycles. The number of hydrogen-bond donors (Lipinski definition) is 1. The van der Waals surface area contributed by atoms with E-state index in [9.17, 15) is 0 Å². The van der Waals surface area contributed by atoms with Crippen LogP contribution in [0, 0.1) is 13.8 Å². The van der Waals surface area contributed by atoms with Crippen LogP contribution >= 0.6 is 0 Å². The molecule has 0 aliphatic carbocycles. The Hall–Kier alpha value is -1.96. The Kier molecular flexibility index (Phi) is 3.05. The van der Waals surface area contributed by atoms with Crippen molar-refractivity contribution in [3.63, 3.8) is 0 Å². The van der Waals surface area contributed by atoms with E-state index in [1.165, 1.54) is 11.1 Å². The predicted octanol–water partition coefficient (Wildman–Crippen LogP) is 3.56. The molecule has 0 aliphatic rings. The van der Waals surface area contributed by atoms with Gasteiger partial charge < -0.3 is 10.5 Å². The first kappa shape index (κ1) is 11.5. The van der Waals surface area contributed by atoms with Crippen molar-refractivity contribution in [3.8, 4) is 16.9 Å². The molecule has 0 radical (unpaired) electrons. The van der Waals surface area contributed by atoms with Crippen LogP contribution in [0.25, 0.3) is 11.1 Å². The van der Waals surface area contributed by atoms with Gasteiger partial charge in [-0.2, -0.15) is 0 Å². The lowest BCUT2D eigenvalue weighted by Crippen LogP contribution is -1.90. The highest BCUT2D eigenvalue weighted by Gasteiger charge is 2.03. The molecule has 0 saturated carbocycles. The SMILES string of the molecule is COc1ccc(-c2cc(C)cc(N)c2)cc1C. The molecule has 2 N–H and O–H groups in total. The average Bonchev–Trinajstić information content (AvgIpc) is 2.27. The van der Waals surface area contributed by atoms with E-state index < -0.39 is 0 Å². The van der Waals surface area contributed by atoms with Crippen molar-refractivity contribution >= 4 is 5.69 Å². The van der Waals surface area contributed by atoms with Crippen LogP contribution in [0.4, 0.5) is 5.69 Å². The molecule has 0 bridgehead atoms. The Bertz CT molecular complexity index is 526. The molecule has 0 fully saturated rings. The maximum atomic E-state index is 5.87. The Morgan fingerprint density at radius 3 is 2.29 bits per heavy atom. The Morgan fingerprint density at radius 1 is 0.941 bits per heavy atom. The highest BCUT2D eigenvalue weighted by atomic mass is 16.5. The predicted molar refractivity (Wildman–Crippen MR) is 72.3 cm³/mol. The zero-order valence-electron chi connectivity index (χ0n) is 10.4. The number of ether oxygens (including phenoxy) is 1. The van der Waals surface area contributed by atoms with E-state index in [2.05, 4.69) is 25.1 Å². The largest absolute Gasteiger partial charge is 0.496 e. The third-order valence-corrected chi connectivity index (χ3v) is 2.83. The molecule has 2 heteroatoms. The number of rotatable bonds is 2. The minimum atomic E-state index is 0.800. The molecule has 0 aliphatic heterocycles. The lowest BCUT2D eigenvalue weighted by Gasteiger charge is -2.09. The van der Waals surface area contributed by atoms with Gasteiger partial charge in [0, 0.05) is 5.69 Å². The molecule has 2 nitrogen and oxygen atoms in total. The Morgan fingerprint density at radius 2 is 1.71 bits per heavy atom. The van der Waals surface area contributed by atoms with Crippen molar-refractivity contribution in [3.05, 3.63) is 47.5 Å². The van der Waals surface area contributed by atoms with Gasteiger partial charge in [0.2, 0.25) is 0 Å². The summed E-state index contributed by atoms with van der Waals surface area (Å²) in [6.45, 7) is 4.09. The molecule has 0 heterocycles. The van der Waals surface area contributed by atoms with Crippen LogP contribution in [-0.4, -0.2) is 7.11 Å². The zero-order chi connectivity index (χ0) is 12.4. The second-order valence-electron chi connectivity index (χ2n) is 4.32. The van der Waals surface area contributed by atoms with Gasteiger partial charge in [0.15, 0.2) is 0 Å². The van der Waals surface area contributed by atoms with E-state index in [0.29, 0.717) is 0 Å². The topological polar surface area (TPSA) is 35.2 Å². The summed E-state index contributed by atoms with van der Waals surface area (Å²) in [5.74, 6) is 0.911. The second-order valence-corrected chi connectivity index (χ2v) is 4.32. The number of nitrogens with two attached hydrogens (primary N) is 1. The Balaban J connectivity index is 2.49. The smallest absolute Gasteiger partial charge is 0.121 e. The van der Waals surface area contributed by atoms with E-state index in [4.69, 9.17) is 10.5 Å². The highest BCUT2D eigenvalue weighted by Crippen LogP contribution is 2.28. The summed E-state index contributed by atoms with van der Waals surface area (Å²) in [7, 11) is 1.69. The van der Waals surface area contributed by atoms with Crippen LogP contribution < -0.4 is 10.5 Å². The van der Waals surface area contributed by atoms with Crippen molar-refractivity contribution < 1.29 is 4.74 Å². The lowest BCUT2D eigenvalue weighted by molar-refractivity contribution is 0.412. The third kappa shape index (κ3) is 2.41. The first-order chi connectivity index (χ1) is 8.10. The maximum Gasteiger partial charge on any atom is 0.121 e. The number of anilines is 1. The molecular weight excluding hydrogens is 210 g/mol. The molecular formula is C15H17NO. The summed E-state index contributed by atoms with van der Waals surface area (Å²) < 4.78 is 5.26. The van der Waals surface area contributed by atoms with Crippen LogP contribution in [0.3, 0.4) is 0 Å². The number of nitrogen functional groups attached to an aromatic ring is 1. The number of aryl methyl sites for hydroxylation is 2. The minimum absolute atomic E-state index is 0.800. The summed E-state index contributed by atoms with van der Waals surface area (Å²) in [5.41, 5.74) is 11.3. The highest BCUT2D eigenvalue weighted by molar-refractivity contribution is 5.70. The van der Waals surface area contributed by atoms with E-state index in [0.717, 1.165) is 22.6 Å². The van der Waals surface area contributed by atoms with Crippen LogP contribution in [-0.2, 0) is 0 Å². The van der Waals surface area contributed by atoms with E-state index in [1.54, 1.807) is 7.11 Å². The summed E-state index contributed by atoms with van der Waals surface area (Å²) in [6, 6.07) is 12.3. The molecule has 0 amide bonds. The summed E-state index contributed by atoms with van der Waals surface area (Å²) in [6.07, 6.45) is 0. The molecule has 2 rings (SSSR count). The summed E-state index contributed by atoms with van der Waals surface area (Å²) in [4.78, 5) is 0. The normalized spacial score (nSPS) is 10.3. The quantitative estimate of drug-likeness (QED) is 0.796. The molecule has 0 saturated heterocycles. The van der Waals surface area contributed by atoms with Gasteiger partial charge in [0.25, 0.3) is 0 Å². The Labute approximate surface area is 102 Å². The van der Waals surface area contributed by atoms with Crippen molar-refractivity contribution in [2.75, 3.05) is 12.8 Å². The monoisotopic (exact) mass is 227 g/mol. The van der Waals surface area contributed by atoms with Crippen molar-refractivity contribution in [1.29, 1.82) is 0 Å². The van der Waals surface area contributed by atoms with Crippen LogP contribution in [0.1, 0.15) is 11.1 Å². The summed E-state index contributed by atoms with van der Waals surface area (Å²) in [5, 5.41) is 0. The van der Waals surface area contributed by atoms with Gasteiger partial charge in [-0.05, 0) is 60.4 Å². The van der Waals surface area contributed by atoms with Crippen LogP contribution in [0.15, 0.2) is 36.4 Å². The number of methoxy groups -OCH3 is 1. The molecule has 2 aromatic rings. The molecule has 0 unspecified atom stereocenters. The van der Waals surface area contributed by atoms with Gasteiger partial charge >= 0.3 is 0 Å². The first-order valence-corrected chi connectivity index (χ1v) is 5.62. The van der Waals surface area contributed by atoms with E-state index in [-0.39, 0.29) is 0 Å². The number of hydrogen-bond acceptors (Lipinski definition) is 2. The lowest BCUT2D eigenvalue weighted by atomic mass is 10.0. The third-order valence-electron chi connectivity index (χ3n) is 2.83. The van der Waals surface area contributed by atoms with Crippen molar-refractivity contribution in [1.82, 2.24) is 0 Å². The molecule has 0 spiro atoms. The molecule has 88 valence electrons. The molecule has 0 aromatic heterocycles. The van der Waals surface area contributed by atoms with E-state index >= 15 is 0 Å². The first-order valence-electron chi connectivity index (χ1n) is 5.62. The van der Waals surface area contributed by atoms with Crippen LogP contribution in [0.2, 0.25) is 0 Å². The summed E-state index contributed by atoms with van der Waals surface area (Å²) >= 11 is 0. The van der Waals surface area contributed by atoms with Gasteiger partial charge in [-0.3, -0.25) is 0 Å². The fourth-order valence-corrected chi connectivity index (χ4v) is 2.04. The molecule has 17 heavy (non-hydrogen) atoms. The van der Waals surface area contributed by atoms with Gasteiger partial charge in [-0.15, -0.1) is 0 Å². The fraction of sp³-hybridized carbons (Fsp3) is 0.200. The second kappa shape index (κ2) is 4.50.